The molecule has 11 heteroatoms. The van der Waals surface area contributed by atoms with E-state index in [0.717, 1.165) is 29.5 Å². The van der Waals surface area contributed by atoms with Crippen LogP contribution in [0.3, 0.4) is 0 Å². The highest BCUT2D eigenvalue weighted by Gasteiger charge is 2.36. The average molecular weight is 507 g/mol. The smallest absolute Gasteiger partial charge is 0.417 e. The van der Waals surface area contributed by atoms with Crippen molar-refractivity contribution in [1.29, 1.82) is 0 Å². The summed E-state index contributed by atoms with van der Waals surface area (Å²) >= 11 is 5.66. The summed E-state index contributed by atoms with van der Waals surface area (Å²) in [6.07, 6.45) is -3.47. The van der Waals surface area contributed by atoms with E-state index in [4.69, 9.17) is 16.3 Å². The third-order valence-corrected chi connectivity index (χ3v) is 6.72. The maximum absolute atomic E-state index is 13.3. The fourth-order valence-electron chi connectivity index (χ4n) is 3.51. The Bertz CT molecular complexity index is 1120. The van der Waals surface area contributed by atoms with Crippen LogP contribution >= 0.6 is 11.6 Å². The molecule has 2 aromatic rings. The highest BCUT2D eigenvalue weighted by atomic mass is 35.5. The number of alkyl halides is 3. The standard InChI is InChI=1S/C22H26ClF3N2O4S/c1-6-19(15-7-10-20(32-4)13(2)11-15)27-21(29)14(3)28(33(5,30)31)16-8-9-18(23)17(12-16)22(24,25)26/h7-12,14,19H,6H2,1-5H3,(H,27,29)/t14-,19-/m1/s1. The van der Waals surface area contributed by atoms with Gasteiger partial charge in [0.05, 0.1) is 35.7 Å². The number of hydrogen-bond acceptors (Lipinski definition) is 4. The number of carbonyl (C=O) groups is 1. The predicted octanol–water partition coefficient (Wildman–Crippen LogP) is 5.10. The first kappa shape index (κ1) is 26.8. The first-order valence-corrected chi connectivity index (χ1v) is 12.2. The van der Waals surface area contributed by atoms with Crippen molar-refractivity contribution in [3.63, 3.8) is 0 Å². The largest absolute Gasteiger partial charge is 0.496 e. The van der Waals surface area contributed by atoms with Gasteiger partial charge in [-0.25, -0.2) is 8.42 Å². The Labute approximate surface area is 196 Å². The molecule has 1 amide bonds. The van der Waals surface area contributed by atoms with Gasteiger partial charge in [0.25, 0.3) is 0 Å². The van der Waals surface area contributed by atoms with Gasteiger partial charge in [0.15, 0.2) is 0 Å². The minimum atomic E-state index is -4.79. The van der Waals surface area contributed by atoms with Gasteiger partial charge in [-0.3, -0.25) is 9.10 Å². The lowest BCUT2D eigenvalue weighted by Gasteiger charge is -2.30. The third kappa shape index (κ3) is 6.32. The van der Waals surface area contributed by atoms with E-state index in [9.17, 15) is 26.4 Å². The average Bonchev–Trinajstić information content (AvgIpc) is 2.71. The Morgan fingerprint density at radius 1 is 1.21 bits per heavy atom. The number of carbonyl (C=O) groups excluding carboxylic acids is 1. The second-order valence-electron chi connectivity index (χ2n) is 7.60. The molecular weight excluding hydrogens is 481 g/mol. The number of amides is 1. The van der Waals surface area contributed by atoms with Crippen LogP contribution in [0.1, 0.15) is 43.0 Å². The highest BCUT2D eigenvalue weighted by molar-refractivity contribution is 7.92. The molecule has 0 fully saturated rings. The second-order valence-corrected chi connectivity index (χ2v) is 9.86. The van der Waals surface area contributed by atoms with Crippen molar-refractivity contribution in [3.05, 3.63) is 58.1 Å². The fourth-order valence-corrected chi connectivity index (χ4v) is 4.90. The number of methoxy groups -OCH3 is 1. The molecule has 0 saturated heterocycles. The Hall–Kier alpha value is -2.46. The van der Waals surface area contributed by atoms with Crippen LogP contribution in [0.25, 0.3) is 0 Å². The summed E-state index contributed by atoms with van der Waals surface area (Å²) in [4.78, 5) is 13.0. The second kappa shape index (κ2) is 10.2. The molecule has 0 heterocycles. The van der Waals surface area contributed by atoms with Crippen molar-refractivity contribution in [2.75, 3.05) is 17.7 Å². The lowest BCUT2D eigenvalue weighted by molar-refractivity contribution is -0.137. The Balaban J connectivity index is 2.39. The van der Waals surface area contributed by atoms with E-state index in [1.165, 1.54) is 6.92 Å². The van der Waals surface area contributed by atoms with E-state index in [2.05, 4.69) is 5.32 Å². The highest BCUT2D eigenvalue weighted by Crippen LogP contribution is 2.38. The van der Waals surface area contributed by atoms with Crippen LogP contribution in [0.5, 0.6) is 5.75 Å². The molecule has 1 N–H and O–H groups in total. The molecule has 0 aromatic heterocycles. The maximum atomic E-state index is 13.3. The van der Waals surface area contributed by atoms with Gasteiger partial charge in [0.2, 0.25) is 15.9 Å². The van der Waals surface area contributed by atoms with Crippen LogP contribution in [-0.2, 0) is 21.0 Å². The number of aryl methyl sites for hydroxylation is 1. The number of halogens is 4. The number of nitrogens with one attached hydrogen (secondary N) is 1. The Morgan fingerprint density at radius 2 is 1.85 bits per heavy atom. The molecule has 6 nitrogen and oxygen atoms in total. The molecule has 2 rings (SSSR count). The fraction of sp³-hybridized carbons (Fsp3) is 0.409. The lowest BCUT2D eigenvalue weighted by atomic mass is 10.0. The molecular formula is C22H26ClF3N2O4S. The zero-order chi connectivity index (χ0) is 25.1. The van der Waals surface area contributed by atoms with E-state index in [1.54, 1.807) is 19.2 Å². The van der Waals surface area contributed by atoms with Gasteiger partial charge in [-0.15, -0.1) is 0 Å². The molecule has 182 valence electrons. The van der Waals surface area contributed by atoms with Crippen LogP contribution in [0.15, 0.2) is 36.4 Å². The van der Waals surface area contributed by atoms with Crippen molar-refractivity contribution >= 4 is 33.2 Å². The molecule has 0 spiro atoms. The van der Waals surface area contributed by atoms with Gasteiger partial charge < -0.3 is 10.1 Å². The molecule has 0 radical (unpaired) electrons. The first-order chi connectivity index (χ1) is 15.2. The molecule has 33 heavy (non-hydrogen) atoms. The van der Waals surface area contributed by atoms with Crippen molar-refractivity contribution in [2.45, 2.75) is 45.5 Å². The van der Waals surface area contributed by atoms with Crippen LogP contribution < -0.4 is 14.4 Å². The lowest BCUT2D eigenvalue weighted by Crippen LogP contribution is -2.48. The number of rotatable bonds is 8. The molecule has 0 aliphatic heterocycles. The first-order valence-electron chi connectivity index (χ1n) is 10.0. The van der Waals surface area contributed by atoms with Gasteiger partial charge in [0, 0.05) is 0 Å². The van der Waals surface area contributed by atoms with Gasteiger partial charge in [0.1, 0.15) is 11.8 Å². The van der Waals surface area contributed by atoms with Crippen molar-refractivity contribution in [3.8, 4) is 5.75 Å². The van der Waals surface area contributed by atoms with Crippen molar-refractivity contribution in [2.24, 2.45) is 0 Å². The zero-order valence-corrected chi connectivity index (χ0v) is 20.4. The van der Waals surface area contributed by atoms with E-state index >= 15 is 0 Å². The number of benzene rings is 2. The van der Waals surface area contributed by atoms with E-state index in [0.29, 0.717) is 22.5 Å². The summed E-state index contributed by atoms with van der Waals surface area (Å²) in [7, 11) is -2.57. The topological polar surface area (TPSA) is 75.7 Å². The Kier molecular flexibility index (Phi) is 8.29. The van der Waals surface area contributed by atoms with Gasteiger partial charge in [-0.1, -0.05) is 30.7 Å². The van der Waals surface area contributed by atoms with Gasteiger partial charge in [-0.05, 0) is 55.7 Å². The van der Waals surface area contributed by atoms with Crippen LogP contribution in [-0.4, -0.2) is 33.7 Å². The molecule has 0 aliphatic carbocycles. The normalized spacial score (nSPS) is 13.8. The Morgan fingerprint density at radius 3 is 2.33 bits per heavy atom. The number of anilines is 1. The predicted molar refractivity (Wildman–Crippen MR) is 122 cm³/mol. The molecule has 2 atom stereocenters. The number of hydrogen-bond donors (Lipinski definition) is 1. The van der Waals surface area contributed by atoms with Gasteiger partial charge in [-0.2, -0.15) is 13.2 Å². The monoisotopic (exact) mass is 506 g/mol. The van der Waals surface area contributed by atoms with E-state index < -0.39 is 44.8 Å². The SMILES string of the molecule is CC[C@@H](NC(=O)[C@@H](C)N(c1ccc(Cl)c(C(F)(F)F)c1)S(C)(=O)=O)c1ccc(OC)c(C)c1. The minimum Gasteiger partial charge on any atom is -0.496 e. The molecule has 0 aliphatic rings. The van der Waals surface area contributed by atoms with Crippen molar-refractivity contribution < 1.29 is 31.1 Å². The molecule has 0 unspecified atom stereocenters. The number of sulfonamides is 1. The van der Waals surface area contributed by atoms with Crippen molar-refractivity contribution in [1.82, 2.24) is 5.32 Å². The molecule has 2 aromatic carbocycles. The molecule has 0 bridgehead atoms. The summed E-state index contributed by atoms with van der Waals surface area (Å²) in [6.45, 7) is 5.01. The number of nitrogens with zero attached hydrogens (tertiary/aromatic N) is 1. The quantitative estimate of drug-likeness (QED) is 0.540. The summed E-state index contributed by atoms with van der Waals surface area (Å²) in [5, 5.41) is 2.22. The van der Waals surface area contributed by atoms with Crippen LogP contribution in [0.4, 0.5) is 18.9 Å². The summed E-state index contributed by atoms with van der Waals surface area (Å²) in [6, 6.07) is 6.34. The van der Waals surface area contributed by atoms with E-state index in [1.807, 2.05) is 19.9 Å². The summed E-state index contributed by atoms with van der Waals surface area (Å²) in [5.74, 6) is 0.0176. The third-order valence-electron chi connectivity index (χ3n) is 5.14. The van der Waals surface area contributed by atoms with Crippen LogP contribution in [0, 0.1) is 6.92 Å². The number of ether oxygens (including phenoxy) is 1. The summed E-state index contributed by atoms with van der Waals surface area (Å²) < 4.78 is 70.8. The zero-order valence-electron chi connectivity index (χ0n) is 18.8. The molecule has 0 saturated carbocycles. The maximum Gasteiger partial charge on any atom is 0.417 e. The van der Waals surface area contributed by atoms with Gasteiger partial charge >= 0.3 is 6.18 Å². The summed E-state index contributed by atoms with van der Waals surface area (Å²) in [5.41, 5.74) is 0.135. The minimum absolute atomic E-state index is 0.315. The van der Waals surface area contributed by atoms with Crippen LogP contribution in [0.2, 0.25) is 5.02 Å². The van der Waals surface area contributed by atoms with E-state index in [-0.39, 0.29) is 5.69 Å².